The minimum absolute atomic E-state index is 0.288. The van der Waals surface area contributed by atoms with Crippen molar-refractivity contribution in [2.45, 2.75) is 25.8 Å². The van der Waals surface area contributed by atoms with E-state index < -0.39 is 5.82 Å². The van der Waals surface area contributed by atoms with Crippen LogP contribution in [0, 0.1) is 18.2 Å². The number of hydrogen-bond donors (Lipinski definition) is 1. The summed E-state index contributed by atoms with van der Waals surface area (Å²) in [5, 5.41) is 2.67. The Morgan fingerprint density at radius 2 is 2.38 bits per heavy atom. The summed E-state index contributed by atoms with van der Waals surface area (Å²) in [6, 6.07) is 5.24. The standard InChI is InChI=1S/C13H14FNO/c1-3-6-12(4-2)15-13(16)10-7-5-8-11(14)9-10/h2,5,7-9,12H,3,6H2,1H3,(H,15,16). The molecule has 0 saturated heterocycles. The molecule has 1 atom stereocenters. The molecule has 0 fully saturated rings. The van der Waals surface area contributed by atoms with E-state index in [4.69, 9.17) is 6.42 Å². The largest absolute Gasteiger partial charge is 0.338 e. The fourth-order valence-electron chi connectivity index (χ4n) is 1.36. The van der Waals surface area contributed by atoms with Gasteiger partial charge in [0.25, 0.3) is 5.91 Å². The molecule has 1 amide bonds. The quantitative estimate of drug-likeness (QED) is 0.774. The molecule has 84 valence electrons. The van der Waals surface area contributed by atoms with Gasteiger partial charge >= 0.3 is 0 Å². The number of rotatable bonds is 4. The van der Waals surface area contributed by atoms with Gasteiger partial charge in [-0.3, -0.25) is 4.79 Å². The zero-order valence-electron chi connectivity index (χ0n) is 9.16. The van der Waals surface area contributed by atoms with Gasteiger partial charge < -0.3 is 5.32 Å². The Kier molecular flexibility index (Phi) is 4.53. The van der Waals surface area contributed by atoms with E-state index in [1.807, 2.05) is 6.92 Å². The van der Waals surface area contributed by atoms with Gasteiger partial charge in [-0.25, -0.2) is 4.39 Å². The van der Waals surface area contributed by atoms with Gasteiger partial charge in [0.1, 0.15) is 5.82 Å². The van der Waals surface area contributed by atoms with Gasteiger partial charge in [-0.2, -0.15) is 0 Å². The molecule has 0 aliphatic rings. The first-order valence-electron chi connectivity index (χ1n) is 5.20. The average Bonchev–Trinajstić information content (AvgIpc) is 2.28. The number of terminal acetylenes is 1. The van der Waals surface area contributed by atoms with Gasteiger partial charge in [0, 0.05) is 5.56 Å². The first-order chi connectivity index (χ1) is 7.67. The maximum absolute atomic E-state index is 12.9. The van der Waals surface area contributed by atoms with Gasteiger partial charge in [-0.15, -0.1) is 6.42 Å². The number of hydrogen-bond acceptors (Lipinski definition) is 1. The third kappa shape index (κ3) is 3.39. The Morgan fingerprint density at radius 1 is 1.62 bits per heavy atom. The maximum atomic E-state index is 12.9. The van der Waals surface area contributed by atoms with Crippen LogP contribution in [0.4, 0.5) is 4.39 Å². The second kappa shape index (κ2) is 5.92. The lowest BCUT2D eigenvalue weighted by Gasteiger charge is -2.11. The molecule has 1 rings (SSSR count). The van der Waals surface area contributed by atoms with E-state index in [0.717, 1.165) is 12.8 Å². The molecule has 0 aliphatic heterocycles. The van der Waals surface area contributed by atoms with Crippen molar-refractivity contribution in [1.29, 1.82) is 0 Å². The third-order valence-electron chi connectivity index (χ3n) is 2.17. The lowest BCUT2D eigenvalue weighted by atomic mass is 10.1. The summed E-state index contributed by atoms with van der Waals surface area (Å²) in [6.45, 7) is 1.98. The molecular formula is C13H14FNO. The Labute approximate surface area is 94.9 Å². The van der Waals surface area contributed by atoms with Crippen LogP contribution in [0.15, 0.2) is 24.3 Å². The number of nitrogens with one attached hydrogen (secondary N) is 1. The van der Waals surface area contributed by atoms with Gasteiger partial charge in [-0.1, -0.05) is 25.3 Å². The van der Waals surface area contributed by atoms with Crippen molar-refractivity contribution in [3.8, 4) is 12.3 Å². The second-order valence-corrected chi connectivity index (χ2v) is 3.49. The molecule has 0 aliphatic carbocycles. The number of halogens is 1. The Hall–Kier alpha value is -1.82. The monoisotopic (exact) mass is 219 g/mol. The molecule has 1 aromatic carbocycles. The third-order valence-corrected chi connectivity index (χ3v) is 2.17. The Balaban J connectivity index is 2.69. The van der Waals surface area contributed by atoms with E-state index in [1.165, 1.54) is 18.2 Å². The molecule has 2 nitrogen and oxygen atoms in total. The highest BCUT2D eigenvalue weighted by Gasteiger charge is 2.10. The van der Waals surface area contributed by atoms with Crippen LogP contribution in [0.5, 0.6) is 0 Å². The van der Waals surface area contributed by atoms with Crippen LogP contribution in [0.25, 0.3) is 0 Å². The van der Waals surface area contributed by atoms with E-state index in [0.29, 0.717) is 0 Å². The van der Waals surface area contributed by atoms with Crippen molar-refractivity contribution in [3.05, 3.63) is 35.6 Å². The van der Waals surface area contributed by atoms with Crippen molar-refractivity contribution in [3.63, 3.8) is 0 Å². The summed E-state index contributed by atoms with van der Waals surface area (Å²) in [7, 11) is 0. The number of carbonyl (C=O) groups excluding carboxylic acids is 1. The molecule has 0 aromatic heterocycles. The predicted octanol–water partition coefficient (Wildman–Crippen LogP) is 2.36. The van der Waals surface area contributed by atoms with Crippen molar-refractivity contribution in [1.82, 2.24) is 5.32 Å². The Bertz CT molecular complexity index is 409. The van der Waals surface area contributed by atoms with E-state index in [1.54, 1.807) is 6.07 Å². The summed E-state index contributed by atoms with van der Waals surface area (Å²) in [6.07, 6.45) is 6.88. The molecular weight excluding hydrogens is 205 g/mol. The minimum Gasteiger partial charge on any atom is -0.338 e. The van der Waals surface area contributed by atoms with Crippen LogP contribution in [-0.2, 0) is 0 Å². The van der Waals surface area contributed by atoms with Crippen LogP contribution < -0.4 is 5.32 Å². The zero-order chi connectivity index (χ0) is 12.0. The van der Waals surface area contributed by atoms with Gasteiger partial charge in [0.05, 0.1) is 6.04 Å². The van der Waals surface area contributed by atoms with Crippen LogP contribution in [0.3, 0.4) is 0 Å². The first kappa shape index (κ1) is 12.3. The normalized spacial score (nSPS) is 11.6. The van der Waals surface area contributed by atoms with Gasteiger partial charge in [0.15, 0.2) is 0 Å². The molecule has 1 unspecified atom stereocenters. The van der Waals surface area contributed by atoms with Gasteiger partial charge in [0.2, 0.25) is 0 Å². The first-order valence-corrected chi connectivity index (χ1v) is 5.20. The lowest BCUT2D eigenvalue weighted by Crippen LogP contribution is -2.33. The van der Waals surface area contributed by atoms with Crippen molar-refractivity contribution < 1.29 is 9.18 Å². The highest BCUT2D eigenvalue weighted by Crippen LogP contribution is 2.04. The molecule has 3 heteroatoms. The lowest BCUT2D eigenvalue weighted by molar-refractivity contribution is 0.0944. The smallest absolute Gasteiger partial charge is 0.252 e. The predicted molar refractivity (Wildman–Crippen MR) is 61.4 cm³/mol. The van der Waals surface area contributed by atoms with E-state index >= 15 is 0 Å². The molecule has 0 saturated carbocycles. The van der Waals surface area contributed by atoms with Crippen LogP contribution in [0.2, 0.25) is 0 Å². The summed E-state index contributed by atoms with van der Waals surface area (Å²) in [4.78, 5) is 11.7. The summed E-state index contributed by atoms with van der Waals surface area (Å²) in [5.74, 6) is 1.73. The van der Waals surface area contributed by atoms with Gasteiger partial charge in [-0.05, 0) is 24.6 Å². The number of amides is 1. The number of benzene rings is 1. The summed E-state index contributed by atoms with van der Waals surface area (Å²) >= 11 is 0. The van der Waals surface area contributed by atoms with Crippen molar-refractivity contribution in [2.75, 3.05) is 0 Å². The summed E-state index contributed by atoms with van der Waals surface area (Å²) < 4.78 is 12.9. The highest BCUT2D eigenvalue weighted by atomic mass is 19.1. The van der Waals surface area contributed by atoms with Crippen molar-refractivity contribution in [2.24, 2.45) is 0 Å². The zero-order valence-corrected chi connectivity index (χ0v) is 9.16. The van der Waals surface area contributed by atoms with E-state index in [2.05, 4.69) is 11.2 Å². The number of carbonyl (C=O) groups is 1. The SMILES string of the molecule is C#CC(CCC)NC(=O)c1cccc(F)c1. The van der Waals surface area contributed by atoms with Crippen LogP contribution in [0.1, 0.15) is 30.1 Å². The summed E-state index contributed by atoms with van der Waals surface area (Å²) in [5.41, 5.74) is 0.288. The second-order valence-electron chi connectivity index (χ2n) is 3.49. The van der Waals surface area contributed by atoms with E-state index in [9.17, 15) is 9.18 Å². The average molecular weight is 219 g/mol. The molecule has 1 N–H and O–H groups in total. The topological polar surface area (TPSA) is 29.1 Å². The molecule has 16 heavy (non-hydrogen) atoms. The molecule has 0 heterocycles. The highest BCUT2D eigenvalue weighted by molar-refractivity contribution is 5.94. The fraction of sp³-hybridized carbons (Fsp3) is 0.308. The molecule has 0 spiro atoms. The van der Waals surface area contributed by atoms with E-state index in [-0.39, 0.29) is 17.5 Å². The minimum atomic E-state index is -0.430. The van der Waals surface area contributed by atoms with Crippen LogP contribution in [-0.4, -0.2) is 11.9 Å². The Morgan fingerprint density at radius 3 is 2.94 bits per heavy atom. The molecule has 1 aromatic rings. The van der Waals surface area contributed by atoms with Crippen LogP contribution >= 0.6 is 0 Å². The maximum Gasteiger partial charge on any atom is 0.252 e. The molecule has 0 bridgehead atoms. The van der Waals surface area contributed by atoms with Crippen molar-refractivity contribution >= 4 is 5.91 Å². The molecule has 0 radical (unpaired) electrons. The fourth-order valence-corrected chi connectivity index (χ4v) is 1.36.